The van der Waals surface area contributed by atoms with Crippen molar-refractivity contribution >= 4 is 0 Å². The van der Waals surface area contributed by atoms with Crippen LogP contribution in [0.3, 0.4) is 0 Å². The highest BCUT2D eigenvalue weighted by Crippen LogP contribution is 2.06. The monoisotopic (exact) mass is 229 g/mol. The third kappa shape index (κ3) is 5.47. The van der Waals surface area contributed by atoms with Gasteiger partial charge >= 0.3 is 0 Å². The van der Waals surface area contributed by atoms with Crippen molar-refractivity contribution in [1.82, 2.24) is 0 Å². The summed E-state index contributed by atoms with van der Waals surface area (Å²) in [7, 11) is 0. The van der Waals surface area contributed by atoms with E-state index in [4.69, 9.17) is 10.1 Å². The molecule has 3 nitrogen and oxygen atoms in total. The van der Waals surface area contributed by atoms with Gasteiger partial charge in [0.25, 0.3) is 0 Å². The largest absolute Gasteiger partial charge is 0.379 e. The van der Waals surface area contributed by atoms with Gasteiger partial charge in [0.15, 0.2) is 5.34 Å². The maximum Gasteiger partial charge on any atom is 0.152 e. The van der Waals surface area contributed by atoms with Gasteiger partial charge < -0.3 is 5.21 Å². The summed E-state index contributed by atoms with van der Waals surface area (Å²) in [5, 5.41) is 7.89. The minimum Gasteiger partial charge on any atom is -0.379 e. The lowest BCUT2D eigenvalue weighted by Gasteiger charge is -2.01. The van der Waals surface area contributed by atoms with Crippen LogP contribution in [0.25, 0.3) is 0 Å². The molecule has 0 aliphatic heterocycles. The van der Waals surface area contributed by atoms with Crippen molar-refractivity contribution in [2.24, 2.45) is 5.34 Å². The molecule has 0 bridgehead atoms. The van der Waals surface area contributed by atoms with Gasteiger partial charge in [-0.15, -0.1) is 4.91 Å². The quantitative estimate of drug-likeness (QED) is 0.645. The van der Waals surface area contributed by atoms with E-state index < -0.39 is 0 Å². The highest BCUT2D eigenvalue weighted by Gasteiger charge is 1.93. The average molecular weight is 229 g/mol. The Labute approximate surface area is 101 Å². The fourth-order valence-corrected chi connectivity index (χ4v) is 1.58. The van der Waals surface area contributed by atoms with Gasteiger partial charge in [0, 0.05) is 0 Å². The SMILES string of the molecule is O=NO.c1ccc(CCc2ccccc2)cc1. The van der Waals surface area contributed by atoms with E-state index in [0.29, 0.717) is 0 Å². The molecule has 0 fully saturated rings. The van der Waals surface area contributed by atoms with Gasteiger partial charge in [0.2, 0.25) is 0 Å². The van der Waals surface area contributed by atoms with Gasteiger partial charge in [-0.1, -0.05) is 60.7 Å². The topological polar surface area (TPSA) is 49.7 Å². The second-order valence-corrected chi connectivity index (χ2v) is 3.55. The number of aryl methyl sites for hydroxylation is 2. The summed E-state index contributed by atoms with van der Waals surface area (Å²) in [6.45, 7) is 0. The summed E-state index contributed by atoms with van der Waals surface area (Å²) in [5.74, 6) is 0. The molecule has 0 aliphatic rings. The minimum atomic E-state index is 1.13. The van der Waals surface area contributed by atoms with Crippen LogP contribution in [0.4, 0.5) is 0 Å². The van der Waals surface area contributed by atoms with Crippen molar-refractivity contribution in [3.8, 4) is 0 Å². The molecule has 0 saturated carbocycles. The number of benzene rings is 2. The molecular weight excluding hydrogens is 214 g/mol. The standard InChI is InChI=1S/C14H14.HNO2/c1-3-7-13(8-4-1)11-12-14-9-5-2-6-10-14;2-1-3/h1-10H,11-12H2;(H,2,3). The van der Waals surface area contributed by atoms with Gasteiger partial charge in [0.1, 0.15) is 0 Å². The molecule has 1 N–H and O–H groups in total. The molecule has 0 radical (unpaired) electrons. The molecule has 17 heavy (non-hydrogen) atoms. The van der Waals surface area contributed by atoms with E-state index in [2.05, 4.69) is 60.7 Å². The molecule has 0 aromatic heterocycles. The van der Waals surface area contributed by atoms with Crippen molar-refractivity contribution < 1.29 is 5.21 Å². The average Bonchev–Trinajstić information content (AvgIpc) is 2.40. The van der Waals surface area contributed by atoms with E-state index in [9.17, 15) is 0 Å². The van der Waals surface area contributed by atoms with Crippen LogP contribution in [0.5, 0.6) is 0 Å². The van der Waals surface area contributed by atoms with Crippen LogP contribution in [0.2, 0.25) is 0 Å². The molecule has 0 amide bonds. The molecule has 2 aromatic rings. The Balaban J connectivity index is 0.000000437. The minimum absolute atomic E-state index is 1.13. The fourth-order valence-electron chi connectivity index (χ4n) is 1.58. The maximum atomic E-state index is 8.11. The van der Waals surface area contributed by atoms with Crippen LogP contribution >= 0.6 is 0 Å². The molecular formula is C14H15NO2. The third-order valence-electron chi connectivity index (χ3n) is 2.39. The summed E-state index contributed by atoms with van der Waals surface area (Å²) < 4.78 is 0. The number of rotatable bonds is 3. The summed E-state index contributed by atoms with van der Waals surface area (Å²) in [6.07, 6.45) is 2.26. The normalized spacial score (nSPS) is 8.94. The molecule has 0 saturated heterocycles. The van der Waals surface area contributed by atoms with Crippen LogP contribution < -0.4 is 0 Å². The van der Waals surface area contributed by atoms with Gasteiger partial charge in [-0.25, -0.2) is 0 Å². The molecule has 0 unspecified atom stereocenters. The van der Waals surface area contributed by atoms with Crippen molar-refractivity contribution in [2.45, 2.75) is 12.8 Å². The second-order valence-electron chi connectivity index (χ2n) is 3.55. The molecule has 3 heteroatoms. The van der Waals surface area contributed by atoms with Crippen LogP contribution in [0, 0.1) is 4.91 Å². The molecule has 0 atom stereocenters. The van der Waals surface area contributed by atoms with Gasteiger partial charge in [-0.3, -0.25) is 0 Å². The summed E-state index contributed by atoms with van der Waals surface area (Å²) in [4.78, 5) is 8.11. The second kappa shape index (κ2) is 8.05. The first-order valence-corrected chi connectivity index (χ1v) is 5.41. The van der Waals surface area contributed by atoms with Crippen LogP contribution in [-0.2, 0) is 12.8 Å². The Morgan fingerprint density at radius 2 is 1.06 bits per heavy atom. The van der Waals surface area contributed by atoms with E-state index >= 15 is 0 Å². The molecule has 0 spiro atoms. The van der Waals surface area contributed by atoms with Crippen molar-refractivity contribution in [3.05, 3.63) is 76.7 Å². The number of hydrogen-bond donors (Lipinski definition) is 1. The van der Waals surface area contributed by atoms with Gasteiger partial charge in [-0.2, -0.15) is 0 Å². The lowest BCUT2D eigenvalue weighted by Crippen LogP contribution is -1.89. The van der Waals surface area contributed by atoms with Crippen LogP contribution in [0.1, 0.15) is 11.1 Å². The van der Waals surface area contributed by atoms with E-state index in [-0.39, 0.29) is 0 Å². The van der Waals surface area contributed by atoms with Gasteiger partial charge in [0.05, 0.1) is 0 Å². The smallest absolute Gasteiger partial charge is 0.152 e. The third-order valence-corrected chi connectivity index (χ3v) is 2.39. The zero-order valence-corrected chi connectivity index (χ0v) is 9.49. The van der Waals surface area contributed by atoms with Gasteiger partial charge in [-0.05, 0) is 24.0 Å². The first kappa shape index (κ1) is 12.9. The Morgan fingerprint density at radius 1 is 0.765 bits per heavy atom. The summed E-state index contributed by atoms with van der Waals surface area (Å²) in [5.41, 5.74) is 2.83. The lowest BCUT2D eigenvalue weighted by molar-refractivity contribution is 0.312. The zero-order chi connectivity index (χ0) is 12.3. The molecule has 0 aliphatic carbocycles. The highest BCUT2D eigenvalue weighted by atomic mass is 16.6. The first-order chi connectivity index (χ1) is 8.36. The maximum absolute atomic E-state index is 8.11. The predicted molar refractivity (Wildman–Crippen MR) is 67.9 cm³/mol. The van der Waals surface area contributed by atoms with E-state index in [1.54, 1.807) is 0 Å². The molecule has 0 heterocycles. The Hall–Kier alpha value is -2.16. The van der Waals surface area contributed by atoms with Crippen LogP contribution in [0.15, 0.2) is 66.0 Å². The lowest BCUT2D eigenvalue weighted by atomic mass is 10.0. The van der Waals surface area contributed by atoms with Crippen molar-refractivity contribution in [3.63, 3.8) is 0 Å². The van der Waals surface area contributed by atoms with Crippen molar-refractivity contribution in [2.75, 3.05) is 0 Å². The van der Waals surface area contributed by atoms with Crippen molar-refractivity contribution in [1.29, 1.82) is 0 Å². The Kier molecular flexibility index (Phi) is 6.11. The van der Waals surface area contributed by atoms with E-state index in [1.165, 1.54) is 16.5 Å². The molecule has 2 aromatic carbocycles. The molecule has 2 rings (SSSR count). The highest BCUT2D eigenvalue weighted by molar-refractivity contribution is 5.19. The van der Waals surface area contributed by atoms with E-state index in [1.807, 2.05) is 0 Å². The number of hydrogen-bond acceptors (Lipinski definition) is 2. The van der Waals surface area contributed by atoms with E-state index in [0.717, 1.165) is 12.8 Å². The first-order valence-electron chi connectivity index (χ1n) is 5.41. The molecule has 88 valence electrons. The fraction of sp³-hybridized carbons (Fsp3) is 0.143. The number of nitrogens with zero attached hydrogens (tertiary/aromatic N) is 1. The predicted octanol–water partition coefficient (Wildman–Crippen LogP) is 3.61. The Bertz CT molecular complexity index is 375. The summed E-state index contributed by atoms with van der Waals surface area (Å²) >= 11 is 0. The zero-order valence-electron chi connectivity index (χ0n) is 9.49. The van der Waals surface area contributed by atoms with Crippen LogP contribution in [-0.4, -0.2) is 5.21 Å². The summed E-state index contributed by atoms with van der Waals surface area (Å²) in [6, 6.07) is 21.2. The Morgan fingerprint density at radius 3 is 1.35 bits per heavy atom.